The molecule has 1 aromatic heterocycles. The van der Waals surface area contributed by atoms with Crippen molar-refractivity contribution in [3.63, 3.8) is 0 Å². The summed E-state index contributed by atoms with van der Waals surface area (Å²) in [6.45, 7) is 3.59. The SMILES string of the molecule is CC(C)(CCC(=O)O)NC(=O)c1cncc(-c2ccc(Cl)cc2)c1. The van der Waals surface area contributed by atoms with Crippen molar-refractivity contribution in [1.82, 2.24) is 10.3 Å². The van der Waals surface area contributed by atoms with Crippen molar-refractivity contribution in [3.05, 3.63) is 53.3 Å². The van der Waals surface area contributed by atoms with Gasteiger partial charge < -0.3 is 10.4 Å². The van der Waals surface area contributed by atoms with Crippen LogP contribution in [0.25, 0.3) is 11.1 Å². The molecule has 1 aromatic carbocycles. The molecule has 0 aliphatic heterocycles. The number of rotatable bonds is 6. The first kappa shape index (κ1) is 17.9. The molecule has 5 nitrogen and oxygen atoms in total. The molecule has 6 heteroatoms. The Hall–Kier alpha value is -2.40. The fourth-order valence-electron chi connectivity index (χ4n) is 2.23. The molecule has 0 aliphatic carbocycles. The molecule has 24 heavy (non-hydrogen) atoms. The van der Waals surface area contributed by atoms with Crippen molar-refractivity contribution >= 4 is 23.5 Å². The summed E-state index contributed by atoms with van der Waals surface area (Å²) in [4.78, 5) is 27.2. The molecule has 2 N–H and O–H groups in total. The third-order valence-electron chi connectivity index (χ3n) is 3.59. The summed E-state index contributed by atoms with van der Waals surface area (Å²) in [5.41, 5.74) is 1.52. The number of amides is 1. The molecule has 126 valence electrons. The standard InChI is InChI=1S/C18H19ClN2O3/c1-18(2,8-7-16(22)23)21-17(24)14-9-13(10-20-11-14)12-3-5-15(19)6-4-12/h3-6,9-11H,7-8H2,1-2H3,(H,21,24)(H,22,23). The number of pyridine rings is 1. The van der Waals surface area contributed by atoms with Crippen LogP contribution >= 0.6 is 11.6 Å². The average molecular weight is 347 g/mol. The summed E-state index contributed by atoms with van der Waals surface area (Å²) >= 11 is 5.88. The molecule has 0 radical (unpaired) electrons. The zero-order valence-corrected chi connectivity index (χ0v) is 14.3. The van der Waals surface area contributed by atoms with Gasteiger partial charge in [-0.15, -0.1) is 0 Å². The molecule has 0 spiro atoms. The highest BCUT2D eigenvalue weighted by atomic mass is 35.5. The highest BCUT2D eigenvalue weighted by Crippen LogP contribution is 2.22. The molecule has 1 heterocycles. The van der Waals surface area contributed by atoms with Crippen LogP contribution in [0.4, 0.5) is 0 Å². The third-order valence-corrected chi connectivity index (χ3v) is 3.85. The van der Waals surface area contributed by atoms with E-state index in [4.69, 9.17) is 16.7 Å². The van der Waals surface area contributed by atoms with Crippen LogP contribution in [-0.2, 0) is 4.79 Å². The number of halogens is 1. The van der Waals surface area contributed by atoms with Crippen LogP contribution in [0.1, 0.15) is 37.0 Å². The molecule has 2 aromatic rings. The van der Waals surface area contributed by atoms with E-state index in [0.29, 0.717) is 17.0 Å². The quantitative estimate of drug-likeness (QED) is 0.834. The van der Waals surface area contributed by atoms with Gasteiger partial charge in [-0.1, -0.05) is 23.7 Å². The maximum atomic E-state index is 12.4. The van der Waals surface area contributed by atoms with E-state index in [0.717, 1.165) is 11.1 Å². The summed E-state index contributed by atoms with van der Waals surface area (Å²) < 4.78 is 0. The van der Waals surface area contributed by atoms with Crippen LogP contribution < -0.4 is 5.32 Å². The molecule has 0 unspecified atom stereocenters. The van der Waals surface area contributed by atoms with Crippen LogP contribution in [0.15, 0.2) is 42.7 Å². The Labute approximate surface area is 145 Å². The zero-order valence-electron chi connectivity index (χ0n) is 13.5. The lowest BCUT2D eigenvalue weighted by Crippen LogP contribution is -2.43. The van der Waals surface area contributed by atoms with Crippen molar-refractivity contribution < 1.29 is 14.7 Å². The maximum absolute atomic E-state index is 12.4. The Morgan fingerprint density at radius 2 is 1.83 bits per heavy atom. The Balaban J connectivity index is 2.14. The van der Waals surface area contributed by atoms with Crippen molar-refractivity contribution in [3.8, 4) is 11.1 Å². The number of nitrogens with one attached hydrogen (secondary N) is 1. The molecule has 1 amide bonds. The molecule has 0 saturated heterocycles. The molecular weight excluding hydrogens is 328 g/mol. The van der Waals surface area contributed by atoms with Gasteiger partial charge in [-0.2, -0.15) is 0 Å². The van der Waals surface area contributed by atoms with Gasteiger partial charge in [0.05, 0.1) is 5.56 Å². The number of carboxylic acids is 1. The van der Waals surface area contributed by atoms with Crippen LogP contribution in [0, 0.1) is 0 Å². The van der Waals surface area contributed by atoms with Gasteiger partial charge in [0.15, 0.2) is 0 Å². The first-order valence-electron chi connectivity index (χ1n) is 7.52. The van der Waals surface area contributed by atoms with Crippen molar-refractivity contribution in [2.75, 3.05) is 0 Å². The Morgan fingerprint density at radius 1 is 1.17 bits per heavy atom. The van der Waals surface area contributed by atoms with E-state index in [2.05, 4.69) is 10.3 Å². The fourth-order valence-corrected chi connectivity index (χ4v) is 2.35. The topological polar surface area (TPSA) is 79.3 Å². The zero-order chi connectivity index (χ0) is 17.7. The monoisotopic (exact) mass is 346 g/mol. The largest absolute Gasteiger partial charge is 0.481 e. The Bertz CT molecular complexity index is 742. The highest BCUT2D eigenvalue weighted by molar-refractivity contribution is 6.30. The maximum Gasteiger partial charge on any atom is 0.303 e. The highest BCUT2D eigenvalue weighted by Gasteiger charge is 2.22. The number of aliphatic carboxylic acids is 1. The second-order valence-corrected chi connectivity index (χ2v) is 6.64. The lowest BCUT2D eigenvalue weighted by molar-refractivity contribution is -0.137. The van der Waals surface area contributed by atoms with E-state index in [1.807, 2.05) is 12.1 Å². The molecule has 0 aliphatic rings. The van der Waals surface area contributed by atoms with Gasteiger partial charge in [0.1, 0.15) is 0 Å². The number of aromatic nitrogens is 1. The number of hydrogen-bond donors (Lipinski definition) is 2. The number of carbonyl (C=O) groups excluding carboxylic acids is 1. The van der Waals surface area contributed by atoms with E-state index < -0.39 is 11.5 Å². The van der Waals surface area contributed by atoms with Gasteiger partial charge in [-0.25, -0.2) is 0 Å². The minimum Gasteiger partial charge on any atom is -0.481 e. The van der Waals surface area contributed by atoms with Crippen LogP contribution in [0.2, 0.25) is 5.02 Å². The molecule has 0 atom stereocenters. The minimum absolute atomic E-state index is 0.00363. The summed E-state index contributed by atoms with van der Waals surface area (Å²) in [6.07, 6.45) is 3.51. The van der Waals surface area contributed by atoms with Gasteiger partial charge >= 0.3 is 5.97 Å². The van der Waals surface area contributed by atoms with E-state index >= 15 is 0 Å². The van der Waals surface area contributed by atoms with Gasteiger partial charge in [0, 0.05) is 34.9 Å². The molecule has 0 saturated carbocycles. The van der Waals surface area contributed by atoms with Crippen LogP contribution in [0.5, 0.6) is 0 Å². The Morgan fingerprint density at radius 3 is 2.46 bits per heavy atom. The lowest BCUT2D eigenvalue weighted by atomic mass is 9.97. The molecule has 2 rings (SSSR count). The fraction of sp³-hybridized carbons (Fsp3) is 0.278. The average Bonchev–Trinajstić information content (AvgIpc) is 2.53. The van der Waals surface area contributed by atoms with Gasteiger partial charge in [-0.05, 0) is 44.0 Å². The van der Waals surface area contributed by atoms with Crippen molar-refractivity contribution in [2.24, 2.45) is 0 Å². The second kappa shape index (κ2) is 7.45. The first-order valence-corrected chi connectivity index (χ1v) is 7.90. The smallest absolute Gasteiger partial charge is 0.303 e. The Kier molecular flexibility index (Phi) is 5.57. The molecule has 0 bridgehead atoms. The normalized spacial score (nSPS) is 11.1. The number of nitrogens with zero attached hydrogens (tertiary/aromatic N) is 1. The number of benzene rings is 1. The summed E-state index contributed by atoms with van der Waals surface area (Å²) in [5, 5.41) is 12.3. The van der Waals surface area contributed by atoms with Gasteiger partial charge in [0.2, 0.25) is 0 Å². The number of hydrogen-bond acceptors (Lipinski definition) is 3. The summed E-state index contributed by atoms with van der Waals surface area (Å²) in [6, 6.07) is 9.02. The summed E-state index contributed by atoms with van der Waals surface area (Å²) in [5.74, 6) is -1.17. The first-order chi connectivity index (χ1) is 11.3. The van der Waals surface area contributed by atoms with Crippen LogP contribution in [-0.4, -0.2) is 27.5 Å². The van der Waals surface area contributed by atoms with E-state index in [-0.39, 0.29) is 12.3 Å². The third kappa shape index (κ3) is 5.06. The van der Waals surface area contributed by atoms with Crippen molar-refractivity contribution in [2.45, 2.75) is 32.2 Å². The van der Waals surface area contributed by atoms with E-state index in [9.17, 15) is 9.59 Å². The number of carbonyl (C=O) groups is 2. The van der Waals surface area contributed by atoms with E-state index in [1.165, 1.54) is 6.20 Å². The van der Waals surface area contributed by atoms with Crippen LogP contribution in [0.3, 0.4) is 0 Å². The van der Waals surface area contributed by atoms with Gasteiger partial charge in [-0.3, -0.25) is 14.6 Å². The summed E-state index contributed by atoms with van der Waals surface area (Å²) in [7, 11) is 0. The van der Waals surface area contributed by atoms with Gasteiger partial charge in [0.25, 0.3) is 5.91 Å². The van der Waals surface area contributed by atoms with E-state index in [1.54, 1.807) is 38.2 Å². The predicted molar refractivity (Wildman–Crippen MR) is 93.1 cm³/mol. The lowest BCUT2D eigenvalue weighted by Gasteiger charge is -2.25. The minimum atomic E-state index is -0.885. The number of carboxylic acid groups (broad SMARTS) is 1. The molecular formula is C18H19ClN2O3. The molecule has 0 fully saturated rings. The van der Waals surface area contributed by atoms with Crippen molar-refractivity contribution in [1.29, 1.82) is 0 Å². The second-order valence-electron chi connectivity index (χ2n) is 6.20. The predicted octanol–water partition coefficient (Wildman–Crippen LogP) is 3.78.